The summed E-state index contributed by atoms with van der Waals surface area (Å²) in [5.41, 5.74) is 1.27. The predicted molar refractivity (Wildman–Crippen MR) is 115 cm³/mol. The second-order valence-electron chi connectivity index (χ2n) is 8.11. The first-order valence-corrected chi connectivity index (χ1v) is 10.5. The molecule has 2 aromatic rings. The number of hydrazone groups is 1. The Morgan fingerprint density at radius 3 is 2.91 bits per heavy atom. The minimum atomic E-state index is -0.550. The summed E-state index contributed by atoms with van der Waals surface area (Å²) < 4.78 is 25.4. The third-order valence-corrected chi connectivity index (χ3v) is 5.76. The van der Waals surface area contributed by atoms with Gasteiger partial charge in [0.2, 0.25) is 0 Å². The number of ether oxygens (including phenoxy) is 2. The van der Waals surface area contributed by atoms with Crippen molar-refractivity contribution in [2.75, 3.05) is 18.4 Å². The summed E-state index contributed by atoms with van der Waals surface area (Å²) in [5.74, 6) is 0.391. The van der Waals surface area contributed by atoms with E-state index in [9.17, 15) is 14.0 Å². The number of nitrogens with zero attached hydrogens (tertiary/aromatic N) is 4. The van der Waals surface area contributed by atoms with Crippen molar-refractivity contribution < 1.29 is 23.5 Å². The minimum absolute atomic E-state index is 0.197. The molecule has 2 aromatic carbocycles. The molecule has 9 nitrogen and oxygen atoms in total. The third kappa shape index (κ3) is 3.93. The lowest BCUT2D eigenvalue weighted by Gasteiger charge is -2.41. The Morgan fingerprint density at radius 2 is 2.12 bits per heavy atom. The molecule has 3 aliphatic rings. The van der Waals surface area contributed by atoms with Gasteiger partial charge in [-0.25, -0.2) is 14.2 Å². The summed E-state index contributed by atoms with van der Waals surface area (Å²) in [6.07, 6.45) is 1.29. The molecule has 0 aliphatic carbocycles. The summed E-state index contributed by atoms with van der Waals surface area (Å²) in [6, 6.07) is 10.4. The number of nitriles is 1. The molecule has 33 heavy (non-hydrogen) atoms. The molecule has 5 rings (SSSR count). The molecule has 3 amide bonds. The van der Waals surface area contributed by atoms with Crippen LogP contribution in [-0.2, 0) is 4.79 Å². The highest BCUT2D eigenvalue weighted by Gasteiger charge is 2.39. The van der Waals surface area contributed by atoms with Crippen molar-refractivity contribution in [3.63, 3.8) is 0 Å². The zero-order chi connectivity index (χ0) is 23.1. The van der Waals surface area contributed by atoms with E-state index in [1.54, 1.807) is 42.3 Å². The zero-order valence-electron chi connectivity index (χ0n) is 17.7. The maximum absolute atomic E-state index is 13.9. The van der Waals surface area contributed by atoms with E-state index in [1.807, 2.05) is 6.07 Å². The topological polar surface area (TPSA) is 107 Å². The zero-order valence-corrected chi connectivity index (χ0v) is 17.7. The highest BCUT2D eigenvalue weighted by molar-refractivity contribution is 5.97. The standard InChI is InChI=1S/C23H20FN5O4/c1-13-22(30)27-19-9-17(2-3-21(19)32-13)33-18-11-28(12-18)23(31)29-20(4-5-26-29)15-6-14(10-25)7-16(24)8-15/h2-3,5-9,13,18,20H,4,11-12H2,1H3,(H,27,30)/t13?,20-/m0/s1. The number of rotatable bonds is 3. The van der Waals surface area contributed by atoms with Crippen LogP contribution in [0.3, 0.4) is 0 Å². The van der Waals surface area contributed by atoms with Gasteiger partial charge in [0.1, 0.15) is 23.4 Å². The Hall–Kier alpha value is -4.13. The molecule has 10 heteroatoms. The molecule has 0 aromatic heterocycles. The van der Waals surface area contributed by atoms with Crippen molar-refractivity contribution in [1.82, 2.24) is 9.91 Å². The number of likely N-dealkylation sites (tertiary alicyclic amines) is 1. The molecule has 168 valence electrons. The fraction of sp³-hybridized carbons (Fsp3) is 0.304. The van der Waals surface area contributed by atoms with Crippen LogP contribution in [0.2, 0.25) is 0 Å². The fourth-order valence-electron chi connectivity index (χ4n) is 4.01. The number of nitrogens with one attached hydrogen (secondary N) is 1. The van der Waals surface area contributed by atoms with E-state index in [-0.39, 0.29) is 23.6 Å². The molecule has 2 atom stereocenters. The number of anilines is 1. The lowest BCUT2D eigenvalue weighted by Crippen LogP contribution is -2.58. The highest BCUT2D eigenvalue weighted by atomic mass is 19.1. The SMILES string of the molecule is CC1Oc2ccc(OC3CN(C(=O)N4N=CC[C@H]4c4cc(F)cc(C#N)c4)C3)cc2NC1=O. The third-order valence-electron chi connectivity index (χ3n) is 5.76. The Labute approximate surface area is 189 Å². The van der Waals surface area contributed by atoms with Gasteiger partial charge in [-0.2, -0.15) is 10.4 Å². The van der Waals surface area contributed by atoms with Crippen LogP contribution in [0.25, 0.3) is 0 Å². The first-order chi connectivity index (χ1) is 15.9. The van der Waals surface area contributed by atoms with Gasteiger partial charge in [0, 0.05) is 18.7 Å². The molecule has 0 bridgehead atoms. The summed E-state index contributed by atoms with van der Waals surface area (Å²) in [7, 11) is 0. The Bertz CT molecular complexity index is 1200. The summed E-state index contributed by atoms with van der Waals surface area (Å²) in [5, 5.41) is 17.4. The number of hydrogen-bond acceptors (Lipinski definition) is 6. The van der Waals surface area contributed by atoms with Crippen LogP contribution in [0.15, 0.2) is 41.5 Å². The molecule has 3 heterocycles. The maximum atomic E-state index is 13.9. The first kappa shape index (κ1) is 20.8. The van der Waals surface area contributed by atoms with Gasteiger partial charge in [-0.1, -0.05) is 0 Å². The maximum Gasteiger partial charge on any atom is 0.341 e. The molecule has 3 aliphatic heterocycles. The molecule has 1 saturated heterocycles. The second-order valence-corrected chi connectivity index (χ2v) is 8.11. The van der Waals surface area contributed by atoms with Crippen LogP contribution >= 0.6 is 0 Å². The van der Waals surface area contributed by atoms with Gasteiger partial charge in [0.05, 0.1) is 36.5 Å². The van der Waals surface area contributed by atoms with E-state index in [2.05, 4.69) is 10.4 Å². The number of benzene rings is 2. The normalized spacial score (nSPS) is 21.5. The van der Waals surface area contributed by atoms with Gasteiger partial charge < -0.3 is 19.7 Å². The molecule has 0 spiro atoms. The van der Waals surface area contributed by atoms with Gasteiger partial charge in [0.15, 0.2) is 6.10 Å². The molecule has 1 unspecified atom stereocenters. The summed E-state index contributed by atoms with van der Waals surface area (Å²) in [6.45, 7) is 2.40. The van der Waals surface area contributed by atoms with Gasteiger partial charge in [-0.3, -0.25) is 4.79 Å². The fourth-order valence-corrected chi connectivity index (χ4v) is 4.01. The summed E-state index contributed by atoms with van der Waals surface area (Å²) in [4.78, 5) is 26.4. The number of halogens is 1. The van der Waals surface area contributed by atoms with Crippen molar-refractivity contribution >= 4 is 23.8 Å². The van der Waals surface area contributed by atoms with Crippen molar-refractivity contribution in [2.24, 2.45) is 5.10 Å². The number of carbonyl (C=O) groups excluding carboxylic acids is 2. The van der Waals surface area contributed by atoms with E-state index >= 15 is 0 Å². The number of carbonyl (C=O) groups is 2. The quantitative estimate of drug-likeness (QED) is 0.775. The molecule has 0 saturated carbocycles. The number of hydrogen-bond donors (Lipinski definition) is 1. The number of urea groups is 1. The van der Waals surface area contributed by atoms with Crippen LogP contribution in [0, 0.1) is 17.1 Å². The van der Waals surface area contributed by atoms with Crippen LogP contribution in [-0.4, -0.2) is 53.4 Å². The van der Waals surface area contributed by atoms with Gasteiger partial charge in [-0.05, 0) is 42.8 Å². The van der Waals surface area contributed by atoms with E-state index in [4.69, 9.17) is 14.7 Å². The monoisotopic (exact) mass is 449 g/mol. The van der Waals surface area contributed by atoms with Crippen molar-refractivity contribution in [3.05, 3.63) is 53.3 Å². The minimum Gasteiger partial charge on any atom is -0.487 e. The first-order valence-electron chi connectivity index (χ1n) is 10.5. The van der Waals surface area contributed by atoms with E-state index in [0.717, 1.165) is 6.07 Å². The number of fused-ring (bicyclic) bond motifs is 1. The van der Waals surface area contributed by atoms with Crippen LogP contribution < -0.4 is 14.8 Å². The Morgan fingerprint density at radius 1 is 1.30 bits per heavy atom. The second kappa shape index (κ2) is 8.09. The van der Waals surface area contributed by atoms with E-state index in [1.165, 1.54) is 11.1 Å². The highest BCUT2D eigenvalue weighted by Crippen LogP contribution is 2.35. The Balaban J connectivity index is 1.21. The van der Waals surface area contributed by atoms with Crippen LogP contribution in [0.5, 0.6) is 11.5 Å². The molecular weight excluding hydrogens is 429 g/mol. The van der Waals surface area contributed by atoms with Gasteiger partial charge in [-0.15, -0.1) is 0 Å². The van der Waals surface area contributed by atoms with Crippen molar-refractivity contribution in [1.29, 1.82) is 5.26 Å². The molecule has 1 N–H and O–H groups in total. The molecular formula is C23H20FN5O4. The van der Waals surface area contributed by atoms with Gasteiger partial charge >= 0.3 is 6.03 Å². The number of amides is 3. The van der Waals surface area contributed by atoms with E-state index in [0.29, 0.717) is 42.3 Å². The van der Waals surface area contributed by atoms with Gasteiger partial charge in [0.25, 0.3) is 5.91 Å². The van der Waals surface area contributed by atoms with E-state index < -0.39 is 18.0 Å². The average molecular weight is 449 g/mol. The Kier molecular flexibility index (Phi) is 5.09. The summed E-state index contributed by atoms with van der Waals surface area (Å²) >= 11 is 0. The van der Waals surface area contributed by atoms with Crippen LogP contribution in [0.4, 0.5) is 14.9 Å². The average Bonchev–Trinajstić information content (AvgIpc) is 3.26. The van der Waals surface area contributed by atoms with Crippen LogP contribution in [0.1, 0.15) is 30.5 Å². The lowest BCUT2D eigenvalue weighted by molar-refractivity contribution is -0.122. The molecule has 0 radical (unpaired) electrons. The van der Waals surface area contributed by atoms with Crippen molar-refractivity contribution in [3.8, 4) is 17.6 Å². The smallest absolute Gasteiger partial charge is 0.341 e. The predicted octanol–water partition coefficient (Wildman–Crippen LogP) is 3.03. The lowest BCUT2D eigenvalue weighted by atomic mass is 10.0. The largest absolute Gasteiger partial charge is 0.487 e. The molecule has 1 fully saturated rings. The van der Waals surface area contributed by atoms with Crippen molar-refractivity contribution in [2.45, 2.75) is 31.6 Å².